The number of urea groups is 1. The van der Waals surface area contributed by atoms with Gasteiger partial charge in [0.25, 0.3) is 5.91 Å². The lowest BCUT2D eigenvalue weighted by Gasteiger charge is -2.13. The minimum Gasteiger partial charge on any atom is -0.493 e. The van der Waals surface area contributed by atoms with Crippen molar-refractivity contribution in [2.24, 2.45) is 0 Å². The molecular weight excluding hydrogens is 520 g/mol. The average molecular weight is 539 g/mol. The molecule has 0 radical (unpaired) electrons. The monoisotopic (exact) mass is 539 g/mol. The van der Waals surface area contributed by atoms with E-state index < -0.39 is 30.2 Å². The van der Waals surface area contributed by atoms with E-state index in [2.05, 4.69) is 33.2 Å². The summed E-state index contributed by atoms with van der Waals surface area (Å²) >= 11 is 2.09. The van der Waals surface area contributed by atoms with Gasteiger partial charge in [0.15, 0.2) is 11.5 Å². The highest BCUT2D eigenvalue weighted by Gasteiger charge is 2.35. The summed E-state index contributed by atoms with van der Waals surface area (Å²) in [6, 6.07) is 8.31. The van der Waals surface area contributed by atoms with Crippen LogP contribution in [0.2, 0.25) is 0 Å². The number of para-hydroxylation sites is 1. The molecule has 2 aromatic rings. The van der Waals surface area contributed by atoms with Crippen LogP contribution in [0.1, 0.15) is 12.5 Å². The number of nitrogens with zero attached hydrogens (tertiary/aromatic N) is 1. The molecule has 31 heavy (non-hydrogen) atoms. The van der Waals surface area contributed by atoms with Crippen LogP contribution in [-0.2, 0) is 9.59 Å². The van der Waals surface area contributed by atoms with Crippen LogP contribution in [0.4, 0.5) is 14.9 Å². The topological polar surface area (TPSA) is 97.0 Å². The molecule has 1 saturated heterocycles. The molecule has 2 aromatic carbocycles. The molecule has 0 bridgehead atoms. The second kappa shape index (κ2) is 9.77. The molecule has 0 aromatic heterocycles. The minimum absolute atomic E-state index is 0.00528. The van der Waals surface area contributed by atoms with Crippen LogP contribution >= 0.6 is 22.6 Å². The summed E-state index contributed by atoms with van der Waals surface area (Å²) in [5.74, 6) is -0.921. The molecule has 162 valence electrons. The Bertz CT molecular complexity index is 1070. The lowest BCUT2D eigenvalue weighted by Crippen LogP contribution is -2.38. The summed E-state index contributed by atoms with van der Waals surface area (Å²) in [7, 11) is 1.50. The molecule has 1 aliphatic rings. The molecule has 1 heterocycles. The number of rotatable bonds is 7. The third-order valence-corrected chi connectivity index (χ3v) is 5.06. The summed E-state index contributed by atoms with van der Waals surface area (Å²) < 4.78 is 25.4. The van der Waals surface area contributed by atoms with E-state index in [1.165, 1.54) is 31.4 Å². The van der Waals surface area contributed by atoms with Crippen molar-refractivity contribution in [3.63, 3.8) is 0 Å². The van der Waals surface area contributed by atoms with Crippen LogP contribution < -0.4 is 20.1 Å². The number of hydrogen-bond donors (Lipinski definition) is 2. The first-order valence-corrected chi connectivity index (χ1v) is 10.3. The van der Waals surface area contributed by atoms with Crippen LogP contribution in [-0.4, -0.2) is 43.0 Å². The first kappa shape index (κ1) is 22.5. The number of carbonyl (C=O) groups is 3. The van der Waals surface area contributed by atoms with Crippen molar-refractivity contribution in [3.8, 4) is 11.5 Å². The Labute approximate surface area is 191 Å². The van der Waals surface area contributed by atoms with Crippen molar-refractivity contribution in [2.75, 3.05) is 25.6 Å². The summed E-state index contributed by atoms with van der Waals surface area (Å²) in [5, 5.41) is 4.79. The fourth-order valence-electron chi connectivity index (χ4n) is 2.89. The molecule has 0 saturated carbocycles. The minimum atomic E-state index is -0.743. The summed E-state index contributed by atoms with van der Waals surface area (Å²) in [5.41, 5.74) is 0.572. The number of amides is 4. The van der Waals surface area contributed by atoms with Crippen molar-refractivity contribution >= 4 is 52.2 Å². The fraction of sp³-hybridized carbons (Fsp3) is 0.190. The van der Waals surface area contributed by atoms with E-state index in [0.717, 1.165) is 8.47 Å². The fourth-order valence-corrected chi connectivity index (χ4v) is 3.67. The zero-order valence-electron chi connectivity index (χ0n) is 16.7. The van der Waals surface area contributed by atoms with Crippen LogP contribution in [0.3, 0.4) is 0 Å². The molecule has 1 fully saturated rings. The lowest BCUT2D eigenvalue weighted by molar-refractivity contribution is -0.127. The molecule has 4 amide bonds. The Hall–Kier alpha value is -3.15. The van der Waals surface area contributed by atoms with Gasteiger partial charge in [-0.05, 0) is 65.4 Å². The maximum Gasteiger partial charge on any atom is 0.329 e. The molecule has 1 aliphatic heterocycles. The Kier molecular flexibility index (Phi) is 7.10. The van der Waals surface area contributed by atoms with Gasteiger partial charge in [0, 0.05) is 0 Å². The quantitative estimate of drug-likeness (QED) is 0.320. The van der Waals surface area contributed by atoms with Crippen LogP contribution in [0.5, 0.6) is 11.5 Å². The van der Waals surface area contributed by atoms with E-state index in [1.807, 2.05) is 6.92 Å². The first-order valence-electron chi connectivity index (χ1n) is 9.23. The van der Waals surface area contributed by atoms with E-state index in [0.29, 0.717) is 23.7 Å². The number of halogens is 2. The van der Waals surface area contributed by atoms with Gasteiger partial charge in [0.1, 0.15) is 18.1 Å². The molecule has 10 heteroatoms. The maximum atomic E-state index is 13.7. The third-order valence-electron chi connectivity index (χ3n) is 4.26. The van der Waals surface area contributed by atoms with Crippen LogP contribution in [0.15, 0.2) is 42.1 Å². The molecule has 3 rings (SSSR count). The number of methoxy groups -OCH3 is 1. The highest BCUT2D eigenvalue weighted by atomic mass is 127. The van der Waals surface area contributed by atoms with Gasteiger partial charge in [0.05, 0.1) is 23.0 Å². The number of imide groups is 1. The van der Waals surface area contributed by atoms with Gasteiger partial charge in [-0.15, -0.1) is 0 Å². The standard InChI is InChI=1S/C21H19FIN3O5/c1-3-31-19-14(23)8-12(10-17(19)30-2)9-16-20(28)26(21(29)25-16)11-18(27)24-15-7-5-4-6-13(15)22/h4-10H,3,11H2,1-2H3,(H,24,27)(H,25,29)/b16-9-. The van der Waals surface area contributed by atoms with Gasteiger partial charge in [-0.3, -0.25) is 9.59 Å². The van der Waals surface area contributed by atoms with Crippen molar-refractivity contribution in [2.45, 2.75) is 6.92 Å². The molecular formula is C21H19FIN3O5. The van der Waals surface area contributed by atoms with Crippen molar-refractivity contribution in [3.05, 3.63) is 57.0 Å². The van der Waals surface area contributed by atoms with Crippen LogP contribution in [0, 0.1) is 9.39 Å². The third kappa shape index (κ3) is 5.13. The summed E-state index contributed by atoms with van der Waals surface area (Å²) in [4.78, 5) is 37.8. The van der Waals surface area contributed by atoms with Gasteiger partial charge in [-0.2, -0.15) is 0 Å². The van der Waals surface area contributed by atoms with Crippen molar-refractivity contribution in [1.82, 2.24) is 10.2 Å². The first-order chi connectivity index (χ1) is 14.8. The second-order valence-electron chi connectivity index (χ2n) is 6.37. The summed E-state index contributed by atoms with van der Waals surface area (Å²) in [6.45, 7) is 1.76. The smallest absolute Gasteiger partial charge is 0.329 e. The highest BCUT2D eigenvalue weighted by molar-refractivity contribution is 14.1. The van der Waals surface area contributed by atoms with Crippen molar-refractivity contribution < 1.29 is 28.2 Å². The van der Waals surface area contributed by atoms with E-state index in [1.54, 1.807) is 18.2 Å². The van der Waals surface area contributed by atoms with Gasteiger partial charge in [0.2, 0.25) is 5.91 Å². The lowest BCUT2D eigenvalue weighted by atomic mass is 10.1. The molecule has 0 aliphatic carbocycles. The Morgan fingerprint density at radius 1 is 1.29 bits per heavy atom. The molecule has 0 unspecified atom stereocenters. The normalized spacial score (nSPS) is 14.6. The van der Waals surface area contributed by atoms with Gasteiger partial charge < -0.3 is 20.1 Å². The predicted molar refractivity (Wildman–Crippen MR) is 120 cm³/mol. The summed E-state index contributed by atoms with van der Waals surface area (Å²) in [6.07, 6.45) is 1.48. The van der Waals surface area contributed by atoms with Crippen molar-refractivity contribution in [1.29, 1.82) is 0 Å². The predicted octanol–water partition coefficient (Wildman–Crippen LogP) is 3.37. The Morgan fingerprint density at radius 2 is 2.03 bits per heavy atom. The molecule has 0 atom stereocenters. The largest absolute Gasteiger partial charge is 0.493 e. The van der Waals surface area contributed by atoms with E-state index in [-0.39, 0.29) is 11.4 Å². The van der Waals surface area contributed by atoms with Crippen LogP contribution in [0.25, 0.3) is 6.08 Å². The number of benzene rings is 2. The second-order valence-corrected chi connectivity index (χ2v) is 7.54. The van der Waals surface area contributed by atoms with E-state index in [4.69, 9.17) is 9.47 Å². The van der Waals surface area contributed by atoms with Gasteiger partial charge in [-0.1, -0.05) is 12.1 Å². The Balaban J connectivity index is 1.77. The van der Waals surface area contributed by atoms with Gasteiger partial charge in [-0.25, -0.2) is 14.1 Å². The van der Waals surface area contributed by atoms with Gasteiger partial charge >= 0.3 is 6.03 Å². The highest BCUT2D eigenvalue weighted by Crippen LogP contribution is 2.34. The maximum absolute atomic E-state index is 13.7. The van der Waals surface area contributed by atoms with E-state index >= 15 is 0 Å². The number of ether oxygens (including phenoxy) is 2. The zero-order valence-corrected chi connectivity index (χ0v) is 18.9. The number of anilines is 1. The number of hydrogen-bond acceptors (Lipinski definition) is 5. The molecule has 2 N–H and O–H groups in total. The molecule has 0 spiro atoms. The average Bonchev–Trinajstić information content (AvgIpc) is 2.98. The number of carbonyl (C=O) groups excluding carboxylic acids is 3. The van der Waals surface area contributed by atoms with E-state index in [9.17, 15) is 18.8 Å². The number of nitrogens with one attached hydrogen (secondary N) is 2. The SMILES string of the molecule is CCOc1c(I)cc(/C=C2\NC(=O)N(CC(=O)Nc3ccccc3F)C2=O)cc1OC. The molecule has 8 nitrogen and oxygen atoms in total. The zero-order chi connectivity index (χ0) is 22.5. The Morgan fingerprint density at radius 3 is 2.71 bits per heavy atom.